The van der Waals surface area contributed by atoms with Crippen LogP contribution < -0.4 is 0 Å². The van der Waals surface area contributed by atoms with Crippen LogP contribution in [0.25, 0.3) is 0 Å². The van der Waals surface area contributed by atoms with Crippen LogP contribution in [0.1, 0.15) is 122 Å². The van der Waals surface area contributed by atoms with E-state index in [1.807, 2.05) is 0 Å². The highest BCUT2D eigenvalue weighted by Crippen LogP contribution is 2.19. The van der Waals surface area contributed by atoms with E-state index in [9.17, 15) is 14.4 Å². The Morgan fingerprint density at radius 2 is 0.731 bits per heavy atom. The lowest BCUT2D eigenvalue weighted by Crippen LogP contribution is -2.26. The lowest BCUT2D eigenvalue weighted by atomic mass is 9.87. The first-order valence-electron chi connectivity index (χ1n) is 11.1. The van der Waals surface area contributed by atoms with Gasteiger partial charge in [-0.25, -0.2) is 0 Å². The number of rotatable bonds is 21. The lowest BCUT2D eigenvalue weighted by molar-refractivity contribution is -0.133. The fourth-order valence-corrected chi connectivity index (χ4v) is 3.42. The van der Waals surface area contributed by atoms with Gasteiger partial charge < -0.3 is 14.4 Å². The Hall–Kier alpha value is -0.990. The van der Waals surface area contributed by atoms with Crippen molar-refractivity contribution in [2.45, 2.75) is 122 Å². The van der Waals surface area contributed by atoms with Crippen LogP contribution in [0.4, 0.5) is 0 Å². The van der Waals surface area contributed by atoms with Crippen LogP contribution >= 0.6 is 0 Å². The Labute approximate surface area is 161 Å². The topological polar surface area (TPSA) is 51.2 Å². The lowest BCUT2D eigenvalue weighted by Gasteiger charge is -2.12. The highest BCUT2D eigenvalue weighted by molar-refractivity contribution is 6.01. The molecule has 0 aromatic rings. The van der Waals surface area contributed by atoms with Crippen molar-refractivity contribution in [3.63, 3.8) is 0 Å². The van der Waals surface area contributed by atoms with E-state index in [0.29, 0.717) is 25.3 Å². The molecule has 0 aromatic heterocycles. The van der Waals surface area contributed by atoms with Crippen LogP contribution in [0.2, 0.25) is 0 Å². The molecule has 0 radical (unpaired) electrons. The van der Waals surface area contributed by atoms with Gasteiger partial charge in [0.15, 0.2) is 0 Å². The molecule has 0 amide bonds. The summed E-state index contributed by atoms with van der Waals surface area (Å²) in [6.07, 6.45) is 23.9. The predicted octanol–water partition coefficient (Wildman–Crippen LogP) is 6.61. The van der Waals surface area contributed by atoms with E-state index in [1.165, 1.54) is 89.9 Å². The average Bonchev–Trinajstić information content (AvgIpc) is 2.68. The predicted molar refractivity (Wildman–Crippen MR) is 109 cm³/mol. The number of hydrogen-bond acceptors (Lipinski definition) is 3. The van der Waals surface area contributed by atoms with Gasteiger partial charge in [0.25, 0.3) is 0 Å². The molecular weight excluding hydrogens is 324 g/mol. The normalized spacial score (nSPS) is 11.4. The molecule has 0 saturated heterocycles. The smallest absolute Gasteiger partial charge is 0.140 e. The van der Waals surface area contributed by atoms with Crippen LogP contribution in [0.5, 0.6) is 0 Å². The van der Waals surface area contributed by atoms with Crippen molar-refractivity contribution >= 4 is 18.9 Å². The third-order valence-electron chi connectivity index (χ3n) is 5.37. The Kier molecular flexibility index (Phi) is 18.1. The molecule has 0 aliphatic rings. The largest absolute Gasteiger partial charge is 0.302 e. The van der Waals surface area contributed by atoms with Crippen LogP contribution in [0.15, 0.2) is 0 Å². The van der Waals surface area contributed by atoms with Crippen molar-refractivity contribution in [1.29, 1.82) is 0 Å². The van der Waals surface area contributed by atoms with Gasteiger partial charge in [-0.15, -0.1) is 0 Å². The summed E-state index contributed by atoms with van der Waals surface area (Å²) in [5.41, 5.74) is -1.38. The maximum Gasteiger partial charge on any atom is 0.140 e. The van der Waals surface area contributed by atoms with Crippen molar-refractivity contribution in [3.8, 4) is 0 Å². The number of unbranched alkanes of at least 4 members (excludes halogenated alkanes) is 16. The van der Waals surface area contributed by atoms with Gasteiger partial charge in [-0.1, -0.05) is 116 Å². The molecule has 0 unspecified atom stereocenters. The summed E-state index contributed by atoms with van der Waals surface area (Å²) in [5.74, 6) is 0. The maximum absolute atomic E-state index is 10.8. The minimum absolute atomic E-state index is 0.363. The molecule has 3 heteroatoms. The Bertz CT molecular complexity index is 317. The van der Waals surface area contributed by atoms with Gasteiger partial charge in [-0.05, 0) is 6.42 Å². The number of carbonyl (C=O) groups excluding carboxylic acids is 3. The van der Waals surface area contributed by atoms with Gasteiger partial charge in [0, 0.05) is 0 Å². The zero-order valence-corrected chi connectivity index (χ0v) is 17.2. The summed E-state index contributed by atoms with van der Waals surface area (Å²) in [5, 5.41) is 0. The minimum atomic E-state index is -1.38. The highest BCUT2D eigenvalue weighted by atomic mass is 16.2. The molecule has 0 N–H and O–H groups in total. The molecule has 0 aliphatic carbocycles. The van der Waals surface area contributed by atoms with Crippen molar-refractivity contribution < 1.29 is 14.4 Å². The highest BCUT2D eigenvalue weighted by Gasteiger charge is 2.27. The van der Waals surface area contributed by atoms with Gasteiger partial charge >= 0.3 is 0 Å². The summed E-state index contributed by atoms with van der Waals surface area (Å²) >= 11 is 0. The third-order valence-corrected chi connectivity index (χ3v) is 5.37. The van der Waals surface area contributed by atoms with Crippen LogP contribution in [0.3, 0.4) is 0 Å². The molecule has 152 valence electrons. The molecule has 26 heavy (non-hydrogen) atoms. The molecule has 0 spiro atoms. The summed E-state index contributed by atoms with van der Waals surface area (Å²) in [6, 6.07) is 0. The maximum atomic E-state index is 10.8. The minimum Gasteiger partial charge on any atom is -0.302 e. The monoisotopic (exact) mass is 366 g/mol. The molecule has 0 saturated carbocycles. The molecule has 3 nitrogen and oxygen atoms in total. The van der Waals surface area contributed by atoms with E-state index in [-0.39, 0.29) is 0 Å². The molecule has 0 aliphatic heterocycles. The number of hydrogen-bond donors (Lipinski definition) is 0. The summed E-state index contributed by atoms with van der Waals surface area (Å²) < 4.78 is 0. The first-order valence-corrected chi connectivity index (χ1v) is 11.1. The van der Waals surface area contributed by atoms with Crippen molar-refractivity contribution in [2.75, 3.05) is 0 Å². The van der Waals surface area contributed by atoms with Crippen molar-refractivity contribution in [1.82, 2.24) is 0 Å². The van der Waals surface area contributed by atoms with Crippen molar-refractivity contribution in [2.24, 2.45) is 5.41 Å². The standard InChI is InChI=1S/C23H42O3/c1-2-3-4-5-6-7-8-9-10-11-12-13-14-15-16-17-18-19-23(20-24,21-25)22-26/h20-22H,2-19H2,1H3. The van der Waals surface area contributed by atoms with E-state index in [2.05, 4.69) is 6.92 Å². The first kappa shape index (κ1) is 25.0. The van der Waals surface area contributed by atoms with Crippen LogP contribution in [0, 0.1) is 5.41 Å². The van der Waals surface area contributed by atoms with Crippen LogP contribution in [-0.2, 0) is 14.4 Å². The summed E-state index contributed by atoms with van der Waals surface area (Å²) in [7, 11) is 0. The fraction of sp³-hybridized carbons (Fsp3) is 0.870. The Balaban J connectivity index is 3.23. The van der Waals surface area contributed by atoms with Crippen LogP contribution in [-0.4, -0.2) is 18.9 Å². The molecule has 0 bridgehead atoms. The quantitative estimate of drug-likeness (QED) is 0.130. The van der Waals surface area contributed by atoms with Gasteiger partial charge in [0.2, 0.25) is 0 Å². The van der Waals surface area contributed by atoms with E-state index in [0.717, 1.165) is 19.3 Å². The van der Waals surface area contributed by atoms with E-state index in [1.54, 1.807) is 0 Å². The number of carbonyl (C=O) groups is 3. The zero-order chi connectivity index (χ0) is 19.3. The van der Waals surface area contributed by atoms with Gasteiger partial charge in [0.05, 0.1) is 0 Å². The van der Waals surface area contributed by atoms with E-state index in [4.69, 9.17) is 0 Å². The zero-order valence-electron chi connectivity index (χ0n) is 17.2. The van der Waals surface area contributed by atoms with Gasteiger partial charge in [-0.2, -0.15) is 0 Å². The Morgan fingerprint density at radius 1 is 0.462 bits per heavy atom. The molecule has 0 rings (SSSR count). The van der Waals surface area contributed by atoms with Gasteiger partial charge in [0.1, 0.15) is 24.3 Å². The molecular formula is C23H42O3. The fourth-order valence-electron chi connectivity index (χ4n) is 3.42. The average molecular weight is 367 g/mol. The summed E-state index contributed by atoms with van der Waals surface area (Å²) in [6.45, 7) is 2.27. The Morgan fingerprint density at radius 3 is 1.00 bits per heavy atom. The second-order valence-corrected chi connectivity index (χ2v) is 7.87. The third kappa shape index (κ3) is 14.2. The SMILES string of the molecule is CCCCCCCCCCCCCCCCCCCC(C=O)(C=O)C=O. The summed E-state index contributed by atoms with van der Waals surface area (Å²) in [4.78, 5) is 32.5. The van der Waals surface area contributed by atoms with E-state index < -0.39 is 5.41 Å². The molecule has 0 fully saturated rings. The first-order chi connectivity index (χ1) is 12.7. The van der Waals surface area contributed by atoms with Gasteiger partial charge in [-0.3, -0.25) is 0 Å². The number of aldehydes is 3. The van der Waals surface area contributed by atoms with E-state index >= 15 is 0 Å². The molecule has 0 atom stereocenters. The second kappa shape index (κ2) is 18.8. The second-order valence-electron chi connectivity index (χ2n) is 7.87. The molecule has 0 aromatic carbocycles. The van der Waals surface area contributed by atoms with Crippen molar-refractivity contribution in [3.05, 3.63) is 0 Å². The molecule has 0 heterocycles.